The summed E-state index contributed by atoms with van der Waals surface area (Å²) >= 11 is 4.72. The molecule has 6 amide bonds. The summed E-state index contributed by atoms with van der Waals surface area (Å²) in [6.07, 6.45) is 4.36. The Morgan fingerprint density at radius 3 is 1.61 bits per heavy atom. The second-order valence-electron chi connectivity index (χ2n) is 13.4. The Morgan fingerprint density at radius 1 is 0.746 bits per heavy atom. The third-order valence-corrected chi connectivity index (χ3v) is 9.00. The second-order valence-corrected chi connectivity index (χ2v) is 13.7. The van der Waals surface area contributed by atoms with Crippen LogP contribution in [0, 0.1) is 0 Å². The molecule has 3 aromatic rings. The summed E-state index contributed by atoms with van der Waals surface area (Å²) in [6, 6.07) is 0. The summed E-state index contributed by atoms with van der Waals surface area (Å²) in [5, 5.41) is 8.83. The van der Waals surface area contributed by atoms with Crippen LogP contribution in [-0.2, 0) is 30.9 Å². The number of aromatic amines is 1. The maximum atomic E-state index is 12.0. The van der Waals surface area contributed by atoms with Crippen molar-refractivity contribution in [3.8, 4) is 0 Å². The summed E-state index contributed by atoms with van der Waals surface area (Å²) in [6.45, 7) is 14.6. The number of aromatic nitrogens is 6. The quantitative estimate of drug-likeness (QED) is 0.119. The molecule has 0 saturated carbocycles. The number of fused-ring (bicyclic) bond motifs is 3. The molecule has 0 radical (unpaired) electrons. The molecule has 59 heavy (non-hydrogen) atoms. The predicted molar refractivity (Wildman–Crippen MR) is 202 cm³/mol. The number of hydrogen-bond donors (Lipinski definition) is 2. The van der Waals surface area contributed by atoms with Crippen LogP contribution in [0.5, 0.6) is 0 Å². The van der Waals surface area contributed by atoms with Gasteiger partial charge < -0.3 is 48.1 Å². The van der Waals surface area contributed by atoms with Gasteiger partial charge in [0.15, 0.2) is 5.69 Å². The molecule has 0 aliphatic carbocycles. The summed E-state index contributed by atoms with van der Waals surface area (Å²) < 4.78 is 11.7. The number of likely N-dealkylation sites (N-methyl/N-ethyl adjacent to an activating group) is 3. The van der Waals surface area contributed by atoms with Gasteiger partial charge in [-0.15, -0.1) is 0 Å². The van der Waals surface area contributed by atoms with Crippen LogP contribution in [0.3, 0.4) is 0 Å². The summed E-state index contributed by atoms with van der Waals surface area (Å²) in [5.74, 6) is -3.04. The molecule has 2 N–H and O–H groups in total. The number of rotatable bonds is 3. The number of imide groups is 3. The van der Waals surface area contributed by atoms with Gasteiger partial charge in [0.2, 0.25) is 17.7 Å². The van der Waals surface area contributed by atoms with E-state index in [2.05, 4.69) is 24.7 Å². The molecule has 0 spiro atoms. The fourth-order valence-corrected chi connectivity index (χ4v) is 5.28. The number of nitrogens with zero attached hydrogens (tertiary/aromatic N) is 8. The van der Waals surface area contributed by atoms with Gasteiger partial charge in [0.25, 0.3) is 17.7 Å². The molecule has 3 aromatic heterocycles. The van der Waals surface area contributed by atoms with Crippen LogP contribution in [0.4, 0.5) is 9.59 Å². The van der Waals surface area contributed by atoms with Crippen LogP contribution in [0.25, 0.3) is 0 Å². The average Bonchev–Trinajstić information content (AvgIpc) is 3.93. The molecule has 6 heterocycles. The number of hydrogen-bond acceptors (Lipinski definition) is 14. The number of nitrogens with one attached hydrogen (secondary N) is 1. The van der Waals surface area contributed by atoms with Gasteiger partial charge in [-0.25, -0.2) is 29.1 Å². The van der Waals surface area contributed by atoms with Gasteiger partial charge in [-0.2, -0.15) is 0 Å². The molecule has 0 fully saturated rings. The van der Waals surface area contributed by atoms with Gasteiger partial charge >= 0.3 is 41.1 Å². The van der Waals surface area contributed by atoms with Crippen molar-refractivity contribution in [1.29, 1.82) is 0 Å². The van der Waals surface area contributed by atoms with Gasteiger partial charge in [-0.05, 0) is 54.9 Å². The van der Waals surface area contributed by atoms with Crippen LogP contribution in [0.2, 0.25) is 0 Å². The largest absolute Gasteiger partial charge is 1.00 e. The third-order valence-electron chi connectivity index (χ3n) is 8.90. The van der Waals surface area contributed by atoms with E-state index in [-0.39, 0.29) is 107 Å². The van der Waals surface area contributed by atoms with Crippen LogP contribution in [-0.4, -0.2) is 136 Å². The Hall–Kier alpha value is -4.03. The SMILES string of the molecule is CC1C(=O)N(C)C(=O)c2c1ncn2C.CC1C(=O)N(C)C(=O)c2nc[nH]c21.CCC(C)(C)O.CCOC(=O)Cl.CCOC(=O)n1cnc2c1C(=O)N(C)C(=O)C2C.[I-].[Na+]. The Labute approximate surface area is 386 Å². The summed E-state index contributed by atoms with van der Waals surface area (Å²) in [7, 11) is 6.10. The van der Waals surface area contributed by atoms with Crippen molar-refractivity contribution in [3.05, 3.63) is 53.1 Å². The monoisotopic (exact) mass is 969 g/mol. The van der Waals surface area contributed by atoms with Crippen molar-refractivity contribution in [2.45, 2.75) is 85.2 Å². The van der Waals surface area contributed by atoms with Crippen molar-refractivity contribution in [2.75, 3.05) is 34.4 Å². The van der Waals surface area contributed by atoms with Crippen molar-refractivity contribution in [2.24, 2.45) is 7.05 Å². The number of carbonyl (C=O) groups excluding carboxylic acids is 8. The molecule has 23 heteroatoms. The van der Waals surface area contributed by atoms with Crippen LogP contribution >= 0.6 is 11.6 Å². The molecule has 0 aromatic carbocycles. The van der Waals surface area contributed by atoms with Crippen molar-refractivity contribution < 1.29 is 106 Å². The number of carbonyl (C=O) groups is 8. The van der Waals surface area contributed by atoms with Crippen LogP contribution in [0.15, 0.2) is 19.0 Å². The van der Waals surface area contributed by atoms with Crippen molar-refractivity contribution in [1.82, 2.24) is 43.8 Å². The zero-order valence-corrected chi connectivity index (χ0v) is 40.4. The number of aliphatic hydroxyl groups is 1. The molecule has 20 nitrogen and oxygen atoms in total. The van der Waals surface area contributed by atoms with Crippen molar-refractivity contribution in [3.63, 3.8) is 0 Å². The molecular formula is C36H50ClIN9NaO11. The maximum absolute atomic E-state index is 12.0. The number of H-pyrrole nitrogens is 1. The molecule has 0 bridgehead atoms. The Balaban J connectivity index is 0.000000748. The Kier molecular flexibility index (Phi) is 22.1. The maximum Gasteiger partial charge on any atom is 1.00 e. The number of amides is 6. The van der Waals surface area contributed by atoms with E-state index in [0.717, 1.165) is 25.7 Å². The third kappa shape index (κ3) is 13.2. The van der Waals surface area contributed by atoms with E-state index in [0.29, 0.717) is 35.1 Å². The summed E-state index contributed by atoms with van der Waals surface area (Å²) in [5.41, 5.74) is 1.29. The van der Waals surface area contributed by atoms with E-state index in [1.54, 1.807) is 66.4 Å². The smallest absolute Gasteiger partial charge is 1.00 e. The standard InChI is InChI=1S/C11H13N3O4.C9H11N3O2.C8H9N3O2.C5H12O.C3H5ClO2.HI.Na/c1-4-18-11(17)14-5-12-7-6(2)9(15)13(3)10(16)8(7)14;1-5-6-7(11(2)4-10-6)9(14)12(3)8(5)13;1-4-5-6(10-3-9-5)8(13)11(2)7(4)12;1-4-5(2,3)6;1-2-6-3(4)5;;/h5-6H,4H2,1-3H3;4-5H,1-3H3;3-4H,1-2H3,(H,9,10);6H,4H2,1-3H3;2H2,1H3;1H;/q;;;;;;+1/p-1. The van der Waals surface area contributed by atoms with E-state index in [9.17, 15) is 38.4 Å². The van der Waals surface area contributed by atoms with E-state index >= 15 is 0 Å². The van der Waals surface area contributed by atoms with Crippen molar-refractivity contribution >= 4 is 58.6 Å². The average molecular weight is 970 g/mol. The second kappa shape index (κ2) is 23.7. The Morgan fingerprint density at radius 2 is 1.17 bits per heavy atom. The van der Waals surface area contributed by atoms with E-state index < -0.39 is 28.9 Å². The zero-order valence-electron chi connectivity index (χ0n) is 35.4. The molecule has 0 saturated heterocycles. The number of imidazole rings is 3. The molecular weight excluding hydrogens is 920 g/mol. The number of aryl methyl sites for hydroxylation is 1. The molecule has 3 aliphatic rings. The minimum absolute atomic E-state index is 0. The van der Waals surface area contributed by atoms with Gasteiger partial charge in [-0.1, -0.05) is 6.92 Å². The molecule has 3 atom stereocenters. The summed E-state index contributed by atoms with van der Waals surface area (Å²) in [4.78, 5) is 109. The van der Waals surface area contributed by atoms with Gasteiger partial charge in [0.05, 0.1) is 66.3 Å². The number of halogens is 2. The van der Waals surface area contributed by atoms with Gasteiger partial charge in [0, 0.05) is 39.8 Å². The van der Waals surface area contributed by atoms with E-state index in [4.69, 9.17) is 21.4 Å². The predicted octanol–water partition coefficient (Wildman–Crippen LogP) is -2.58. The molecule has 3 aliphatic heterocycles. The van der Waals surface area contributed by atoms with Gasteiger partial charge in [-0.3, -0.25) is 43.5 Å². The first kappa shape index (κ1) is 55.0. The topological polar surface area (TPSA) is 249 Å². The van der Waals surface area contributed by atoms with E-state index in [1.165, 1.54) is 33.8 Å². The minimum Gasteiger partial charge on any atom is -1.00 e. The van der Waals surface area contributed by atoms with Crippen LogP contribution in [0.1, 0.15) is 128 Å². The normalized spacial score (nSPS) is 17.7. The zero-order chi connectivity index (χ0) is 43.7. The molecule has 320 valence electrons. The number of ether oxygens (including phenoxy) is 2. The first-order valence-corrected chi connectivity index (χ1v) is 18.1. The Bertz CT molecular complexity index is 2010. The molecule has 6 rings (SSSR count). The molecule has 3 unspecified atom stereocenters. The first-order valence-electron chi connectivity index (χ1n) is 17.8. The fourth-order valence-electron chi connectivity index (χ4n) is 5.17. The van der Waals surface area contributed by atoms with Gasteiger partial charge in [0.1, 0.15) is 17.7 Å². The minimum atomic E-state index is -0.738. The van der Waals surface area contributed by atoms with Crippen LogP contribution < -0.4 is 53.5 Å². The van der Waals surface area contributed by atoms with E-state index in [1.807, 2.05) is 6.92 Å². The fraction of sp³-hybridized carbons (Fsp3) is 0.528. The first-order chi connectivity index (χ1) is 26.5.